The summed E-state index contributed by atoms with van der Waals surface area (Å²) in [6, 6.07) is 1.57. The molecule has 0 aromatic rings. The molecule has 1 aliphatic carbocycles. The third-order valence-electron chi connectivity index (χ3n) is 4.49. The van der Waals surface area contributed by atoms with Crippen molar-refractivity contribution in [2.45, 2.75) is 64.5 Å². The SMILES string of the molecule is CCC1CCCCC1N1CCCNC(C)C1. The van der Waals surface area contributed by atoms with Gasteiger partial charge in [-0.3, -0.25) is 4.90 Å². The largest absolute Gasteiger partial charge is 0.313 e. The summed E-state index contributed by atoms with van der Waals surface area (Å²) in [7, 11) is 0. The van der Waals surface area contributed by atoms with E-state index in [0.29, 0.717) is 6.04 Å². The highest BCUT2D eigenvalue weighted by atomic mass is 15.2. The second-order valence-electron chi connectivity index (χ2n) is 5.72. The lowest BCUT2D eigenvalue weighted by atomic mass is 9.82. The fourth-order valence-electron chi connectivity index (χ4n) is 3.58. The molecule has 2 nitrogen and oxygen atoms in total. The van der Waals surface area contributed by atoms with Crippen molar-refractivity contribution in [3.63, 3.8) is 0 Å². The maximum Gasteiger partial charge on any atom is 0.0166 e. The number of hydrogen-bond donors (Lipinski definition) is 1. The molecule has 3 unspecified atom stereocenters. The Bertz CT molecular complexity index is 205. The highest BCUT2D eigenvalue weighted by Crippen LogP contribution is 2.31. The van der Waals surface area contributed by atoms with Crippen LogP contribution in [0.5, 0.6) is 0 Å². The Morgan fingerprint density at radius 2 is 2.00 bits per heavy atom. The molecule has 94 valence electrons. The van der Waals surface area contributed by atoms with Crippen molar-refractivity contribution >= 4 is 0 Å². The van der Waals surface area contributed by atoms with Gasteiger partial charge < -0.3 is 5.32 Å². The molecule has 3 atom stereocenters. The van der Waals surface area contributed by atoms with E-state index < -0.39 is 0 Å². The lowest BCUT2D eigenvalue weighted by Gasteiger charge is -2.40. The smallest absolute Gasteiger partial charge is 0.0166 e. The monoisotopic (exact) mass is 224 g/mol. The predicted octanol–water partition coefficient (Wildman–Crippen LogP) is 2.64. The molecular formula is C14H28N2. The molecule has 16 heavy (non-hydrogen) atoms. The summed E-state index contributed by atoms with van der Waals surface area (Å²) >= 11 is 0. The van der Waals surface area contributed by atoms with Crippen LogP contribution in [0.1, 0.15) is 52.4 Å². The van der Waals surface area contributed by atoms with E-state index in [1.807, 2.05) is 0 Å². The van der Waals surface area contributed by atoms with Gasteiger partial charge in [0, 0.05) is 18.6 Å². The highest BCUT2D eigenvalue weighted by molar-refractivity contribution is 4.85. The first-order valence-corrected chi connectivity index (χ1v) is 7.28. The molecule has 1 N–H and O–H groups in total. The zero-order valence-electron chi connectivity index (χ0n) is 11.0. The van der Waals surface area contributed by atoms with Crippen LogP contribution in [-0.4, -0.2) is 36.6 Å². The molecule has 2 aliphatic rings. The summed E-state index contributed by atoms with van der Waals surface area (Å²) in [4.78, 5) is 2.79. The van der Waals surface area contributed by atoms with E-state index in [-0.39, 0.29) is 0 Å². The average Bonchev–Trinajstić information content (AvgIpc) is 2.54. The van der Waals surface area contributed by atoms with E-state index >= 15 is 0 Å². The number of nitrogens with one attached hydrogen (secondary N) is 1. The van der Waals surface area contributed by atoms with Crippen molar-refractivity contribution in [3.05, 3.63) is 0 Å². The Balaban J connectivity index is 1.96. The van der Waals surface area contributed by atoms with Crippen molar-refractivity contribution in [3.8, 4) is 0 Å². The molecule has 0 amide bonds. The minimum atomic E-state index is 0.682. The van der Waals surface area contributed by atoms with Gasteiger partial charge in [-0.2, -0.15) is 0 Å². The molecule has 1 saturated heterocycles. The minimum Gasteiger partial charge on any atom is -0.313 e. The lowest BCUT2D eigenvalue weighted by molar-refractivity contribution is 0.101. The van der Waals surface area contributed by atoms with Gasteiger partial charge >= 0.3 is 0 Å². The van der Waals surface area contributed by atoms with Gasteiger partial charge in [0.05, 0.1) is 0 Å². The zero-order valence-corrected chi connectivity index (χ0v) is 11.0. The molecule has 0 aromatic carbocycles. The fraction of sp³-hybridized carbons (Fsp3) is 1.00. The Morgan fingerprint density at radius 1 is 1.19 bits per heavy atom. The van der Waals surface area contributed by atoms with E-state index in [2.05, 4.69) is 24.1 Å². The van der Waals surface area contributed by atoms with Gasteiger partial charge in [0.2, 0.25) is 0 Å². The van der Waals surface area contributed by atoms with Crippen LogP contribution in [0.3, 0.4) is 0 Å². The summed E-state index contributed by atoms with van der Waals surface area (Å²) in [6.07, 6.45) is 8.56. The van der Waals surface area contributed by atoms with Gasteiger partial charge in [0.15, 0.2) is 0 Å². The van der Waals surface area contributed by atoms with Crippen LogP contribution in [0, 0.1) is 5.92 Å². The van der Waals surface area contributed by atoms with Crippen LogP contribution in [0.2, 0.25) is 0 Å². The van der Waals surface area contributed by atoms with Gasteiger partial charge in [-0.05, 0) is 45.2 Å². The second kappa shape index (κ2) is 6.02. The van der Waals surface area contributed by atoms with Crippen molar-refractivity contribution in [2.24, 2.45) is 5.92 Å². The molecule has 2 heteroatoms. The Hall–Kier alpha value is -0.0800. The maximum atomic E-state index is 3.60. The van der Waals surface area contributed by atoms with Crippen LogP contribution < -0.4 is 5.32 Å². The third kappa shape index (κ3) is 2.98. The van der Waals surface area contributed by atoms with E-state index in [1.54, 1.807) is 0 Å². The third-order valence-corrected chi connectivity index (χ3v) is 4.49. The standard InChI is InChI=1S/C14H28N2/c1-3-13-7-4-5-8-14(13)16-10-6-9-15-12(2)11-16/h12-15H,3-11H2,1-2H3. The molecule has 0 aromatic heterocycles. The Labute approximate surface area is 101 Å². The van der Waals surface area contributed by atoms with Crippen molar-refractivity contribution < 1.29 is 0 Å². The lowest BCUT2D eigenvalue weighted by Crippen LogP contribution is -2.46. The highest BCUT2D eigenvalue weighted by Gasteiger charge is 2.30. The molecule has 1 aliphatic heterocycles. The predicted molar refractivity (Wildman–Crippen MR) is 69.7 cm³/mol. The van der Waals surface area contributed by atoms with Crippen LogP contribution in [0.25, 0.3) is 0 Å². The molecule has 1 saturated carbocycles. The van der Waals surface area contributed by atoms with Gasteiger partial charge in [-0.25, -0.2) is 0 Å². The van der Waals surface area contributed by atoms with Crippen LogP contribution in [-0.2, 0) is 0 Å². The maximum absolute atomic E-state index is 3.60. The Morgan fingerprint density at radius 3 is 2.81 bits per heavy atom. The molecule has 0 radical (unpaired) electrons. The zero-order chi connectivity index (χ0) is 11.4. The second-order valence-corrected chi connectivity index (χ2v) is 5.72. The van der Waals surface area contributed by atoms with E-state index in [1.165, 1.54) is 58.2 Å². The van der Waals surface area contributed by atoms with Crippen molar-refractivity contribution in [1.29, 1.82) is 0 Å². The van der Waals surface area contributed by atoms with E-state index in [9.17, 15) is 0 Å². The molecule has 1 heterocycles. The molecule has 0 bridgehead atoms. The van der Waals surface area contributed by atoms with Crippen LogP contribution in [0.15, 0.2) is 0 Å². The number of hydrogen-bond acceptors (Lipinski definition) is 2. The van der Waals surface area contributed by atoms with E-state index in [4.69, 9.17) is 0 Å². The van der Waals surface area contributed by atoms with Gasteiger partial charge in [-0.15, -0.1) is 0 Å². The molecular weight excluding hydrogens is 196 g/mol. The number of nitrogens with zero attached hydrogens (tertiary/aromatic N) is 1. The van der Waals surface area contributed by atoms with Crippen LogP contribution >= 0.6 is 0 Å². The molecule has 2 fully saturated rings. The van der Waals surface area contributed by atoms with Crippen LogP contribution in [0.4, 0.5) is 0 Å². The first kappa shape index (κ1) is 12.4. The Kier molecular flexibility index (Phi) is 4.66. The molecule has 2 rings (SSSR count). The van der Waals surface area contributed by atoms with Gasteiger partial charge in [0.25, 0.3) is 0 Å². The summed E-state index contributed by atoms with van der Waals surface area (Å²) in [5.74, 6) is 0.971. The van der Waals surface area contributed by atoms with Crippen molar-refractivity contribution in [2.75, 3.05) is 19.6 Å². The van der Waals surface area contributed by atoms with E-state index in [0.717, 1.165) is 12.0 Å². The normalized spacial score (nSPS) is 38.2. The summed E-state index contributed by atoms with van der Waals surface area (Å²) < 4.78 is 0. The quantitative estimate of drug-likeness (QED) is 0.776. The number of rotatable bonds is 2. The summed E-state index contributed by atoms with van der Waals surface area (Å²) in [6.45, 7) is 8.51. The summed E-state index contributed by atoms with van der Waals surface area (Å²) in [5, 5.41) is 3.60. The first-order valence-electron chi connectivity index (χ1n) is 7.28. The minimum absolute atomic E-state index is 0.682. The first-order chi connectivity index (χ1) is 7.81. The molecule has 0 spiro atoms. The average molecular weight is 224 g/mol. The topological polar surface area (TPSA) is 15.3 Å². The van der Waals surface area contributed by atoms with Gasteiger partial charge in [-0.1, -0.05) is 26.2 Å². The summed E-state index contributed by atoms with van der Waals surface area (Å²) in [5.41, 5.74) is 0. The van der Waals surface area contributed by atoms with Crippen molar-refractivity contribution in [1.82, 2.24) is 10.2 Å². The fourth-order valence-corrected chi connectivity index (χ4v) is 3.58. The van der Waals surface area contributed by atoms with Gasteiger partial charge in [0.1, 0.15) is 0 Å².